The molecule has 11 aromatic rings. The average molecular weight is 771 g/mol. The van der Waals surface area contributed by atoms with Crippen molar-refractivity contribution in [1.29, 1.82) is 0 Å². The van der Waals surface area contributed by atoms with Crippen LogP contribution in [0.4, 0.5) is 17.1 Å². The molecule has 0 radical (unpaired) electrons. The van der Waals surface area contributed by atoms with Gasteiger partial charge in [-0.2, -0.15) is 0 Å². The van der Waals surface area contributed by atoms with Gasteiger partial charge in [0.05, 0.1) is 31.8 Å². The van der Waals surface area contributed by atoms with E-state index in [1.165, 1.54) is 21.8 Å². The first-order valence-corrected chi connectivity index (χ1v) is 20.2. The van der Waals surface area contributed by atoms with Gasteiger partial charge in [-0.15, -0.1) is 22.7 Å². The van der Waals surface area contributed by atoms with Crippen molar-refractivity contribution < 1.29 is 4.74 Å². The van der Waals surface area contributed by atoms with E-state index in [4.69, 9.17) is 14.7 Å². The summed E-state index contributed by atoms with van der Waals surface area (Å²) in [5.41, 5.74) is 10.5. The predicted molar refractivity (Wildman–Crippen MR) is 235 cm³/mol. The first-order valence-electron chi connectivity index (χ1n) is 18.5. The zero-order chi connectivity index (χ0) is 37.7. The van der Waals surface area contributed by atoms with Crippen LogP contribution in [0.15, 0.2) is 182 Å². The average Bonchev–Trinajstić information content (AvgIpc) is 4.00. The molecule has 0 saturated carbocycles. The Morgan fingerprint density at radius 2 is 0.930 bits per heavy atom. The number of hydrogen-bond donors (Lipinski definition) is 0. The van der Waals surface area contributed by atoms with E-state index >= 15 is 0 Å². The third-order valence-electron chi connectivity index (χ3n) is 10.0. The third kappa shape index (κ3) is 5.88. The zero-order valence-electron chi connectivity index (χ0n) is 30.2. The van der Waals surface area contributed by atoms with Gasteiger partial charge in [0, 0.05) is 45.7 Å². The summed E-state index contributed by atoms with van der Waals surface area (Å²) >= 11 is 3.34. The predicted octanol–water partition coefficient (Wildman–Crippen LogP) is 13.4. The Labute approximate surface area is 335 Å². The maximum atomic E-state index is 6.12. The van der Waals surface area contributed by atoms with Crippen LogP contribution in [0, 0.1) is 0 Å². The second kappa shape index (κ2) is 13.8. The first kappa shape index (κ1) is 33.2. The number of rotatable bonds is 4. The highest BCUT2D eigenvalue weighted by Crippen LogP contribution is 2.50. The molecule has 57 heavy (non-hydrogen) atoms. The second-order valence-electron chi connectivity index (χ2n) is 13.5. The Morgan fingerprint density at radius 1 is 0.439 bits per heavy atom. The molecule has 1 aliphatic rings. The summed E-state index contributed by atoms with van der Waals surface area (Å²) < 4.78 is 10.7. The number of pyridine rings is 2. The molecular weight excluding hydrogens is 741 g/mol. The van der Waals surface area contributed by atoms with Crippen LogP contribution in [0.1, 0.15) is 0 Å². The minimum atomic E-state index is 0.792. The van der Waals surface area contributed by atoms with Crippen molar-refractivity contribution in [2.45, 2.75) is 0 Å². The Hall–Kier alpha value is -7.20. The molecule has 270 valence electrons. The van der Waals surface area contributed by atoms with Gasteiger partial charge < -0.3 is 14.2 Å². The summed E-state index contributed by atoms with van der Waals surface area (Å²) in [6.45, 7) is 0. The van der Waals surface area contributed by atoms with Crippen LogP contribution in [0.5, 0.6) is 11.5 Å². The molecule has 0 amide bonds. The van der Waals surface area contributed by atoms with Gasteiger partial charge in [-0.25, -0.2) is 19.9 Å². The van der Waals surface area contributed by atoms with Crippen molar-refractivity contribution in [3.63, 3.8) is 0 Å². The lowest BCUT2D eigenvalue weighted by Gasteiger charge is -2.32. The van der Waals surface area contributed by atoms with Crippen molar-refractivity contribution in [2.24, 2.45) is 0 Å². The zero-order valence-corrected chi connectivity index (χ0v) is 31.9. The van der Waals surface area contributed by atoms with Crippen molar-refractivity contribution >= 4 is 82.2 Å². The van der Waals surface area contributed by atoms with Crippen LogP contribution >= 0.6 is 22.7 Å². The molecule has 0 fully saturated rings. The van der Waals surface area contributed by atoms with Crippen molar-refractivity contribution in [3.8, 4) is 38.3 Å². The molecule has 1 aliphatic heterocycles. The van der Waals surface area contributed by atoms with Crippen LogP contribution < -0.4 is 9.64 Å². The van der Waals surface area contributed by atoms with Gasteiger partial charge in [0.2, 0.25) is 0 Å². The standard InChI is InChI=1S/C24H15N3OS.C24H15N3S/c1-3-11-20-18(9-1)27(19-10-2-4-12-21(19)28-20)17-8-5-7-16(15-17)24-26-23-22(29-24)13-6-14-25-23;1-3-11-20-18(9-1)19-10-2-4-12-21(19)27(20)17-8-5-7-16(15-17)24-26-23-22(28-24)13-6-14-25-23/h1-15H;1-15H. The molecule has 6 aromatic carbocycles. The maximum absolute atomic E-state index is 6.12. The van der Waals surface area contributed by atoms with Crippen LogP contribution in [0.2, 0.25) is 0 Å². The molecule has 0 atom stereocenters. The Balaban J connectivity index is 0.000000131. The number of para-hydroxylation sites is 6. The highest BCUT2D eigenvalue weighted by atomic mass is 32.1. The van der Waals surface area contributed by atoms with E-state index in [-0.39, 0.29) is 0 Å². The fourth-order valence-electron chi connectivity index (χ4n) is 7.52. The number of aromatic nitrogens is 5. The number of nitrogens with zero attached hydrogens (tertiary/aromatic N) is 6. The van der Waals surface area contributed by atoms with Crippen LogP contribution in [-0.4, -0.2) is 24.5 Å². The van der Waals surface area contributed by atoms with Gasteiger partial charge in [-0.1, -0.05) is 84.9 Å². The first-order chi connectivity index (χ1) is 28.2. The Bertz CT molecular complexity index is 3110. The molecule has 0 saturated heterocycles. The Kier molecular flexibility index (Phi) is 8.04. The van der Waals surface area contributed by atoms with E-state index in [1.54, 1.807) is 35.1 Å². The van der Waals surface area contributed by atoms with Crippen LogP contribution in [-0.2, 0) is 0 Å². The van der Waals surface area contributed by atoms with Crippen molar-refractivity contribution in [1.82, 2.24) is 24.5 Å². The summed E-state index contributed by atoms with van der Waals surface area (Å²) in [5.74, 6) is 1.70. The quantitative estimate of drug-likeness (QED) is 0.177. The number of ether oxygens (including phenoxy) is 1. The third-order valence-corrected chi connectivity index (χ3v) is 12.2. The molecule has 0 spiro atoms. The van der Waals surface area contributed by atoms with E-state index in [9.17, 15) is 0 Å². The van der Waals surface area contributed by atoms with E-state index < -0.39 is 0 Å². The molecule has 0 bridgehead atoms. The van der Waals surface area contributed by atoms with Gasteiger partial charge in [0.15, 0.2) is 22.8 Å². The van der Waals surface area contributed by atoms with Crippen molar-refractivity contribution in [2.75, 3.05) is 4.90 Å². The molecule has 7 nitrogen and oxygen atoms in total. The minimum Gasteiger partial charge on any atom is -0.453 e. The van der Waals surface area contributed by atoms with Gasteiger partial charge in [0.25, 0.3) is 0 Å². The lowest BCUT2D eigenvalue weighted by molar-refractivity contribution is 0.477. The molecule has 0 N–H and O–H groups in total. The van der Waals surface area contributed by atoms with Gasteiger partial charge in [-0.05, 0) is 84.9 Å². The largest absolute Gasteiger partial charge is 0.453 e. The molecular formula is C48H30N6OS2. The van der Waals surface area contributed by atoms with E-state index in [0.29, 0.717) is 0 Å². The Morgan fingerprint density at radius 3 is 1.49 bits per heavy atom. The van der Waals surface area contributed by atoms with Gasteiger partial charge >= 0.3 is 0 Å². The molecule has 6 heterocycles. The smallest absolute Gasteiger partial charge is 0.170 e. The van der Waals surface area contributed by atoms with Crippen molar-refractivity contribution in [3.05, 3.63) is 182 Å². The van der Waals surface area contributed by atoms with Crippen LogP contribution in [0.25, 0.3) is 69.3 Å². The highest BCUT2D eigenvalue weighted by Gasteiger charge is 2.25. The van der Waals surface area contributed by atoms with Gasteiger partial charge in [0.1, 0.15) is 10.0 Å². The summed E-state index contributed by atoms with van der Waals surface area (Å²) in [7, 11) is 0. The SMILES string of the molecule is c1cc(-c2nc3ncccc3s2)cc(-n2c3ccccc3c3ccccc32)c1.c1cc(-c2nc3ncccc3s2)cc(N2c3ccccc3Oc3ccccc32)c1. The van der Waals surface area contributed by atoms with Gasteiger partial charge in [-0.3, -0.25) is 0 Å². The number of thiazole rings is 2. The summed E-state index contributed by atoms with van der Waals surface area (Å²) in [6.07, 6.45) is 3.57. The fraction of sp³-hybridized carbons (Fsp3) is 0. The molecule has 9 heteroatoms. The van der Waals surface area contributed by atoms with Crippen LogP contribution in [0.3, 0.4) is 0 Å². The molecule has 0 aliphatic carbocycles. The van der Waals surface area contributed by atoms with E-state index in [2.05, 4.69) is 141 Å². The van der Waals surface area contributed by atoms with E-state index in [0.717, 1.165) is 76.1 Å². The lowest BCUT2D eigenvalue weighted by atomic mass is 10.1. The second-order valence-corrected chi connectivity index (χ2v) is 15.6. The topological polar surface area (TPSA) is 69.0 Å². The number of hydrogen-bond acceptors (Lipinski definition) is 8. The monoisotopic (exact) mass is 770 g/mol. The lowest BCUT2D eigenvalue weighted by Crippen LogP contribution is -2.15. The normalized spacial score (nSPS) is 12.0. The molecule has 12 rings (SSSR count). The number of benzene rings is 6. The van der Waals surface area contributed by atoms with E-state index in [1.807, 2.05) is 48.5 Å². The minimum absolute atomic E-state index is 0.792. The summed E-state index contributed by atoms with van der Waals surface area (Å²) in [4.78, 5) is 20.4. The molecule has 5 aromatic heterocycles. The molecule has 0 unspecified atom stereocenters. The number of fused-ring (bicyclic) bond motifs is 7. The maximum Gasteiger partial charge on any atom is 0.170 e. The summed E-state index contributed by atoms with van der Waals surface area (Å²) in [6, 6.07) is 58.5. The number of anilines is 3. The fourth-order valence-corrected chi connectivity index (χ4v) is 9.37. The highest BCUT2D eigenvalue weighted by molar-refractivity contribution is 7.22. The summed E-state index contributed by atoms with van der Waals surface area (Å²) in [5, 5.41) is 4.51.